The third-order valence-corrected chi connectivity index (χ3v) is 2.75. The number of amides is 1. The lowest BCUT2D eigenvalue weighted by atomic mass is 10.3. The molecule has 0 saturated heterocycles. The standard InChI is InChI=1S/C10H13N3O4/c14-6-10(3-4-10)11-8(16)5-13-9(17)2-1-7(15)12-13/h1-2,14H,3-6H2,(H,11,16)(H,12,15). The summed E-state index contributed by atoms with van der Waals surface area (Å²) in [7, 11) is 0. The number of carbonyl (C=O) groups excluding carboxylic acids is 1. The Kier molecular flexibility index (Phi) is 2.84. The van der Waals surface area contributed by atoms with Crippen molar-refractivity contribution in [2.24, 2.45) is 0 Å². The van der Waals surface area contributed by atoms with Gasteiger partial charge in [-0.1, -0.05) is 0 Å². The van der Waals surface area contributed by atoms with Gasteiger partial charge in [-0.3, -0.25) is 19.5 Å². The number of hydrogen-bond acceptors (Lipinski definition) is 4. The average molecular weight is 239 g/mol. The number of carbonyl (C=O) groups is 1. The van der Waals surface area contributed by atoms with Gasteiger partial charge in [-0.2, -0.15) is 0 Å². The number of hydrogen-bond donors (Lipinski definition) is 3. The summed E-state index contributed by atoms with van der Waals surface area (Å²) in [6, 6.07) is 2.21. The molecule has 2 rings (SSSR count). The van der Waals surface area contributed by atoms with Crippen molar-refractivity contribution in [1.82, 2.24) is 15.1 Å². The summed E-state index contributed by atoms with van der Waals surface area (Å²) in [6.07, 6.45) is 1.46. The van der Waals surface area contributed by atoms with Crippen LogP contribution in [0.1, 0.15) is 12.8 Å². The topological polar surface area (TPSA) is 104 Å². The van der Waals surface area contributed by atoms with Crippen LogP contribution in [0.5, 0.6) is 0 Å². The van der Waals surface area contributed by atoms with Gasteiger partial charge in [0.15, 0.2) is 0 Å². The SMILES string of the molecule is O=C(Cn1[nH]c(=O)ccc1=O)NC1(CO)CC1. The van der Waals surface area contributed by atoms with E-state index in [0.29, 0.717) is 0 Å². The van der Waals surface area contributed by atoms with Crippen LogP contribution in [0.4, 0.5) is 0 Å². The highest BCUT2D eigenvalue weighted by atomic mass is 16.3. The molecule has 0 atom stereocenters. The van der Waals surface area contributed by atoms with E-state index in [-0.39, 0.29) is 13.2 Å². The molecule has 0 aliphatic heterocycles. The molecular weight excluding hydrogens is 226 g/mol. The van der Waals surface area contributed by atoms with Crippen molar-refractivity contribution in [2.45, 2.75) is 24.9 Å². The van der Waals surface area contributed by atoms with Gasteiger partial charge in [-0.15, -0.1) is 0 Å². The molecule has 1 amide bonds. The van der Waals surface area contributed by atoms with Crippen molar-refractivity contribution in [3.8, 4) is 0 Å². The third kappa shape index (κ3) is 2.62. The van der Waals surface area contributed by atoms with Gasteiger partial charge in [0, 0.05) is 12.1 Å². The molecule has 0 aromatic carbocycles. The van der Waals surface area contributed by atoms with Gasteiger partial charge in [0.05, 0.1) is 12.1 Å². The minimum Gasteiger partial charge on any atom is -0.394 e. The van der Waals surface area contributed by atoms with Crippen LogP contribution < -0.4 is 16.4 Å². The molecule has 1 heterocycles. The smallest absolute Gasteiger partial charge is 0.265 e. The Morgan fingerprint density at radius 1 is 1.47 bits per heavy atom. The first kappa shape index (κ1) is 11.6. The highest BCUT2D eigenvalue weighted by Gasteiger charge is 2.43. The van der Waals surface area contributed by atoms with E-state index >= 15 is 0 Å². The summed E-state index contributed by atoms with van der Waals surface area (Å²) in [5, 5.41) is 13.9. The van der Waals surface area contributed by atoms with Gasteiger partial charge in [0.2, 0.25) is 5.91 Å². The van der Waals surface area contributed by atoms with Crippen LogP contribution >= 0.6 is 0 Å². The molecule has 1 fully saturated rings. The van der Waals surface area contributed by atoms with Gasteiger partial charge in [0.25, 0.3) is 11.1 Å². The summed E-state index contributed by atoms with van der Waals surface area (Å²) >= 11 is 0. The van der Waals surface area contributed by atoms with Gasteiger partial charge in [-0.05, 0) is 12.8 Å². The maximum atomic E-state index is 11.6. The molecule has 92 valence electrons. The summed E-state index contributed by atoms with van der Waals surface area (Å²) in [6.45, 7) is -0.365. The van der Waals surface area contributed by atoms with Gasteiger partial charge in [-0.25, -0.2) is 4.68 Å². The Balaban J connectivity index is 2.06. The maximum absolute atomic E-state index is 11.6. The molecule has 1 aromatic heterocycles. The Morgan fingerprint density at radius 3 is 2.76 bits per heavy atom. The van der Waals surface area contributed by atoms with Crippen LogP contribution in [0, 0.1) is 0 Å². The quantitative estimate of drug-likeness (QED) is 0.575. The molecule has 17 heavy (non-hydrogen) atoms. The molecule has 0 bridgehead atoms. The number of aliphatic hydroxyl groups excluding tert-OH is 1. The third-order valence-electron chi connectivity index (χ3n) is 2.75. The second-order valence-corrected chi connectivity index (χ2v) is 4.22. The number of nitrogens with zero attached hydrogens (tertiary/aromatic N) is 1. The highest BCUT2D eigenvalue weighted by molar-refractivity contribution is 5.77. The van der Waals surface area contributed by atoms with Gasteiger partial charge < -0.3 is 10.4 Å². The summed E-state index contributed by atoms with van der Waals surface area (Å²) < 4.78 is 0.936. The van der Waals surface area contributed by atoms with Crippen LogP contribution in [0.3, 0.4) is 0 Å². The molecule has 3 N–H and O–H groups in total. The van der Waals surface area contributed by atoms with Crippen molar-refractivity contribution in [1.29, 1.82) is 0 Å². The zero-order chi connectivity index (χ0) is 12.5. The van der Waals surface area contributed by atoms with Crippen LogP contribution in [0.15, 0.2) is 21.7 Å². The van der Waals surface area contributed by atoms with Crippen LogP contribution in [-0.2, 0) is 11.3 Å². The lowest BCUT2D eigenvalue weighted by Gasteiger charge is -2.14. The fraction of sp³-hybridized carbons (Fsp3) is 0.500. The van der Waals surface area contributed by atoms with Crippen molar-refractivity contribution >= 4 is 5.91 Å². The fourth-order valence-electron chi connectivity index (χ4n) is 1.53. The normalized spacial score (nSPS) is 16.5. The van der Waals surface area contributed by atoms with Crippen molar-refractivity contribution < 1.29 is 9.90 Å². The molecule has 7 nitrogen and oxygen atoms in total. The number of aliphatic hydroxyl groups is 1. The fourth-order valence-corrected chi connectivity index (χ4v) is 1.53. The molecule has 1 aliphatic rings. The molecule has 1 saturated carbocycles. The number of H-pyrrole nitrogens is 1. The Bertz CT molecular complexity index is 541. The Hall–Kier alpha value is -1.89. The molecular formula is C10H13N3O4. The predicted molar refractivity (Wildman–Crippen MR) is 58.5 cm³/mol. The molecule has 0 spiro atoms. The lowest BCUT2D eigenvalue weighted by molar-refractivity contribution is -0.123. The number of rotatable bonds is 4. The molecule has 0 unspecified atom stereocenters. The van der Waals surface area contributed by atoms with E-state index in [9.17, 15) is 14.4 Å². The molecule has 0 radical (unpaired) electrons. The lowest BCUT2D eigenvalue weighted by Crippen LogP contribution is -2.43. The van der Waals surface area contributed by atoms with E-state index < -0.39 is 22.6 Å². The summed E-state index contributed by atoms with van der Waals surface area (Å²) in [5.41, 5.74) is -1.41. The Morgan fingerprint density at radius 2 is 2.18 bits per heavy atom. The van der Waals surface area contributed by atoms with E-state index in [1.165, 1.54) is 0 Å². The zero-order valence-electron chi connectivity index (χ0n) is 9.10. The van der Waals surface area contributed by atoms with Crippen molar-refractivity contribution in [3.05, 3.63) is 32.8 Å². The minimum absolute atomic E-state index is 0.112. The summed E-state index contributed by atoms with van der Waals surface area (Å²) in [5.74, 6) is -0.402. The zero-order valence-corrected chi connectivity index (χ0v) is 9.10. The predicted octanol–water partition coefficient (Wildman–Crippen LogP) is -1.82. The van der Waals surface area contributed by atoms with Crippen LogP contribution in [-0.4, -0.2) is 32.9 Å². The van der Waals surface area contributed by atoms with Crippen molar-refractivity contribution in [2.75, 3.05) is 6.61 Å². The number of nitrogens with one attached hydrogen (secondary N) is 2. The first-order valence-corrected chi connectivity index (χ1v) is 5.27. The molecule has 7 heteroatoms. The number of aromatic nitrogens is 2. The second kappa shape index (κ2) is 4.17. The monoisotopic (exact) mass is 239 g/mol. The first-order chi connectivity index (χ1) is 8.04. The van der Waals surface area contributed by atoms with E-state index in [1.807, 2.05) is 0 Å². The Labute approximate surface area is 96.1 Å². The maximum Gasteiger partial charge on any atom is 0.265 e. The van der Waals surface area contributed by atoms with Gasteiger partial charge >= 0.3 is 0 Å². The van der Waals surface area contributed by atoms with Crippen LogP contribution in [0.25, 0.3) is 0 Å². The largest absolute Gasteiger partial charge is 0.394 e. The van der Waals surface area contributed by atoms with Crippen molar-refractivity contribution in [3.63, 3.8) is 0 Å². The molecule has 1 aliphatic carbocycles. The second-order valence-electron chi connectivity index (χ2n) is 4.22. The number of aromatic amines is 1. The van der Waals surface area contributed by atoms with Gasteiger partial charge in [0.1, 0.15) is 6.54 Å². The van der Waals surface area contributed by atoms with E-state index in [1.54, 1.807) is 0 Å². The average Bonchev–Trinajstić information content (AvgIpc) is 3.04. The summed E-state index contributed by atoms with van der Waals surface area (Å²) in [4.78, 5) is 33.9. The van der Waals surface area contributed by atoms with E-state index in [2.05, 4.69) is 10.4 Å². The van der Waals surface area contributed by atoms with Crippen LogP contribution in [0.2, 0.25) is 0 Å². The highest BCUT2D eigenvalue weighted by Crippen LogP contribution is 2.34. The first-order valence-electron chi connectivity index (χ1n) is 5.27. The minimum atomic E-state index is -0.518. The van der Waals surface area contributed by atoms with E-state index in [4.69, 9.17) is 5.11 Å². The molecule has 1 aromatic rings. The van der Waals surface area contributed by atoms with E-state index in [0.717, 1.165) is 29.7 Å².